The molecule has 0 aromatic heterocycles. The molecule has 43 heavy (non-hydrogen) atoms. The number of sulfonamides is 1. The van der Waals surface area contributed by atoms with E-state index in [2.05, 4.69) is 21.2 Å². The Balaban J connectivity index is 1.68. The van der Waals surface area contributed by atoms with Gasteiger partial charge in [0.2, 0.25) is 11.8 Å². The highest BCUT2D eigenvalue weighted by Gasteiger charge is 2.33. The zero-order chi connectivity index (χ0) is 31.0. The number of nitrogens with one attached hydrogen (secondary N) is 1. The van der Waals surface area contributed by atoms with Gasteiger partial charge in [-0.2, -0.15) is 0 Å². The van der Waals surface area contributed by atoms with Crippen LogP contribution in [0.25, 0.3) is 0 Å². The van der Waals surface area contributed by atoms with Gasteiger partial charge in [0.15, 0.2) is 0 Å². The van der Waals surface area contributed by atoms with E-state index in [-0.39, 0.29) is 29.1 Å². The van der Waals surface area contributed by atoms with Gasteiger partial charge in [0.1, 0.15) is 18.3 Å². The van der Waals surface area contributed by atoms with Crippen molar-refractivity contribution in [2.24, 2.45) is 0 Å². The van der Waals surface area contributed by atoms with Crippen LogP contribution in [0, 0.1) is 0 Å². The second kappa shape index (κ2) is 15.1. The van der Waals surface area contributed by atoms with Gasteiger partial charge < -0.3 is 15.0 Å². The SMILES string of the molecule is CCOc1ccc(N(CC(=O)N(Cc2ccccc2Cl)[C@H](C)C(=O)NC2CCCCC2)S(=O)(=O)c2ccc(Br)cc2)cc1. The van der Waals surface area contributed by atoms with Crippen LogP contribution in [0.4, 0.5) is 5.69 Å². The fourth-order valence-corrected chi connectivity index (χ4v) is 6.97. The largest absolute Gasteiger partial charge is 0.494 e. The van der Waals surface area contributed by atoms with Crippen LogP contribution in [0.5, 0.6) is 5.75 Å². The average Bonchev–Trinajstić information content (AvgIpc) is 3.00. The molecule has 0 unspecified atom stereocenters. The fraction of sp³-hybridized carbons (Fsp3) is 0.375. The summed E-state index contributed by atoms with van der Waals surface area (Å²) in [6.07, 6.45) is 5.04. The van der Waals surface area contributed by atoms with Gasteiger partial charge in [-0.05, 0) is 86.8 Å². The minimum absolute atomic E-state index is 0.0260. The van der Waals surface area contributed by atoms with Gasteiger partial charge in [-0.3, -0.25) is 13.9 Å². The van der Waals surface area contributed by atoms with Crippen LogP contribution in [-0.2, 0) is 26.2 Å². The van der Waals surface area contributed by atoms with Gasteiger partial charge in [0.05, 0.1) is 17.2 Å². The Morgan fingerprint density at radius 3 is 2.28 bits per heavy atom. The minimum Gasteiger partial charge on any atom is -0.494 e. The zero-order valence-electron chi connectivity index (χ0n) is 24.3. The van der Waals surface area contributed by atoms with E-state index in [1.807, 2.05) is 6.92 Å². The Labute approximate surface area is 267 Å². The van der Waals surface area contributed by atoms with Crippen molar-refractivity contribution in [3.63, 3.8) is 0 Å². The molecule has 1 aliphatic carbocycles. The topological polar surface area (TPSA) is 96.0 Å². The second-order valence-corrected chi connectivity index (χ2v) is 13.7. The molecule has 1 saturated carbocycles. The summed E-state index contributed by atoms with van der Waals surface area (Å²) in [7, 11) is -4.18. The molecular formula is C32H37BrClN3O5S. The van der Waals surface area contributed by atoms with Crippen LogP contribution in [0.1, 0.15) is 51.5 Å². The van der Waals surface area contributed by atoms with Crippen molar-refractivity contribution in [1.29, 1.82) is 0 Å². The van der Waals surface area contributed by atoms with Gasteiger partial charge in [0, 0.05) is 22.1 Å². The highest BCUT2D eigenvalue weighted by Crippen LogP contribution is 2.28. The number of amides is 2. The van der Waals surface area contributed by atoms with Crippen molar-refractivity contribution in [1.82, 2.24) is 10.2 Å². The first kappa shape index (κ1) is 32.8. The van der Waals surface area contributed by atoms with Crippen molar-refractivity contribution in [3.05, 3.63) is 87.9 Å². The average molecular weight is 691 g/mol. The molecule has 1 fully saturated rings. The van der Waals surface area contributed by atoms with Crippen molar-refractivity contribution in [3.8, 4) is 5.75 Å². The summed E-state index contributed by atoms with van der Waals surface area (Å²) in [4.78, 5) is 29.0. The third-order valence-electron chi connectivity index (χ3n) is 7.53. The molecule has 8 nitrogen and oxygen atoms in total. The summed E-state index contributed by atoms with van der Waals surface area (Å²) in [5.41, 5.74) is 0.940. The quantitative estimate of drug-likeness (QED) is 0.232. The molecular weight excluding hydrogens is 654 g/mol. The first-order valence-electron chi connectivity index (χ1n) is 14.4. The number of halogens is 2. The number of anilines is 1. The van der Waals surface area contributed by atoms with Crippen molar-refractivity contribution in [2.45, 2.75) is 69.5 Å². The predicted molar refractivity (Wildman–Crippen MR) is 173 cm³/mol. The van der Waals surface area contributed by atoms with E-state index in [9.17, 15) is 18.0 Å². The number of hydrogen-bond donors (Lipinski definition) is 1. The van der Waals surface area contributed by atoms with Gasteiger partial charge in [-0.25, -0.2) is 8.42 Å². The highest BCUT2D eigenvalue weighted by atomic mass is 79.9. The molecule has 2 amide bonds. The smallest absolute Gasteiger partial charge is 0.264 e. The maximum atomic E-state index is 14.1. The molecule has 11 heteroatoms. The first-order valence-corrected chi connectivity index (χ1v) is 17.1. The van der Waals surface area contributed by atoms with Gasteiger partial charge >= 0.3 is 0 Å². The molecule has 0 aliphatic heterocycles. The number of benzene rings is 3. The maximum Gasteiger partial charge on any atom is 0.264 e. The fourth-order valence-electron chi connectivity index (χ4n) is 5.10. The number of carbonyl (C=O) groups is 2. The molecule has 0 heterocycles. The standard InChI is InChI=1S/C32H37BrClN3O5S/c1-3-42-28-17-15-27(16-18-28)37(43(40,41)29-19-13-25(33)14-20-29)22-31(38)36(21-24-9-7-8-12-30(24)34)23(2)32(39)35-26-10-5-4-6-11-26/h7-9,12-20,23,26H,3-6,10-11,21-22H2,1-2H3,(H,35,39)/t23-/m1/s1. The summed E-state index contributed by atoms with van der Waals surface area (Å²) < 4.78 is 35.3. The molecule has 4 rings (SSSR count). The molecule has 0 bridgehead atoms. The minimum atomic E-state index is -4.18. The molecule has 1 aliphatic rings. The second-order valence-electron chi connectivity index (χ2n) is 10.5. The van der Waals surface area contributed by atoms with Crippen LogP contribution in [-0.4, -0.2) is 50.4 Å². The molecule has 3 aromatic rings. The molecule has 1 atom stereocenters. The predicted octanol–water partition coefficient (Wildman–Crippen LogP) is 6.56. The summed E-state index contributed by atoms with van der Waals surface area (Å²) in [5, 5.41) is 3.55. The van der Waals surface area contributed by atoms with E-state index < -0.39 is 28.5 Å². The number of carbonyl (C=O) groups excluding carboxylic acids is 2. The van der Waals surface area contributed by atoms with Crippen molar-refractivity contribution >= 4 is 55.1 Å². The third-order valence-corrected chi connectivity index (χ3v) is 10.2. The summed E-state index contributed by atoms with van der Waals surface area (Å²) in [6.45, 7) is 3.48. The summed E-state index contributed by atoms with van der Waals surface area (Å²) in [5.74, 6) is -0.247. The molecule has 0 saturated heterocycles. The van der Waals surface area contributed by atoms with Crippen molar-refractivity contribution in [2.75, 3.05) is 17.5 Å². The van der Waals surface area contributed by atoms with E-state index in [0.717, 1.165) is 40.9 Å². The molecule has 3 aromatic carbocycles. The molecule has 0 spiro atoms. The number of ether oxygens (including phenoxy) is 1. The van der Waals surface area contributed by atoms with Gasteiger partial charge in [-0.1, -0.05) is 65.0 Å². The van der Waals surface area contributed by atoms with Crippen LogP contribution in [0.3, 0.4) is 0 Å². The molecule has 230 valence electrons. The Morgan fingerprint density at radius 1 is 1.00 bits per heavy atom. The lowest BCUT2D eigenvalue weighted by atomic mass is 9.95. The van der Waals surface area contributed by atoms with Crippen molar-refractivity contribution < 1.29 is 22.7 Å². The van der Waals surface area contributed by atoms with E-state index >= 15 is 0 Å². The molecule has 0 radical (unpaired) electrons. The van der Waals surface area contributed by atoms with Crippen LogP contribution in [0.2, 0.25) is 5.02 Å². The van der Waals surface area contributed by atoms with Gasteiger partial charge in [-0.15, -0.1) is 0 Å². The van der Waals surface area contributed by atoms with E-state index in [1.54, 1.807) is 67.6 Å². The van der Waals surface area contributed by atoms with Gasteiger partial charge in [0.25, 0.3) is 10.0 Å². The highest BCUT2D eigenvalue weighted by molar-refractivity contribution is 9.10. The summed E-state index contributed by atoms with van der Waals surface area (Å²) in [6, 6.07) is 19.0. The Kier molecular flexibility index (Phi) is 11.5. The van der Waals surface area contributed by atoms with Crippen LogP contribution < -0.4 is 14.4 Å². The number of hydrogen-bond acceptors (Lipinski definition) is 5. The Hall–Kier alpha value is -3.08. The Bertz CT molecular complexity index is 1500. The van der Waals surface area contributed by atoms with E-state index in [0.29, 0.717) is 22.9 Å². The maximum absolute atomic E-state index is 14.1. The van der Waals surface area contributed by atoms with E-state index in [4.69, 9.17) is 16.3 Å². The zero-order valence-corrected chi connectivity index (χ0v) is 27.5. The lowest BCUT2D eigenvalue weighted by Crippen LogP contribution is -2.53. The number of rotatable bonds is 12. The first-order chi connectivity index (χ1) is 20.6. The summed E-state index contributed by atoms with van der Waals surface area (Å²) >= 11 is 9.81. The lowest BCUT2D eigenvalue weighted by Gasteiger charge is -2.33. The van der Waals surface area contributed by atoms with E-state index in [1.165, 1.54) is 17.0 Å². The third kappa shape index (κ3) is 8.52. The van der Waals surface area contributed by atoms with Crippen LogP contribution in [0.15, 0.2) is 82.2 Å². The lowest BCUT2D eigenvalue weighted by molar-refractivity contribution is -0.139. The van der Waals surface area contributed by atoms with Crippen LogP contribution >= 0.6 is 27.5 Å². The normalized spacial score (nSPS) is 14.5. The Morgan fingerprint density at radius 2 is 1.65 bits per heavy atom. The monoisotopic (exact) mass is 689 g/mol. The number of nitrogens with zero attached hydrogens (tertiary/aromatic N) is 2. The molecule has 1 N–H and O–H groups in total.